The lowest BCUT2D eigenvalue weighted by Crippen LogP contribution is -2.37. The number of benzene rings is 4. The molecule has 0 aromatic heterocycles. The highest BCUT2D eigenvalue weighted by Crippen LogP contribution is 2.41. The van der Waals surface area contributed by atoms with E-state index in [0.29, 0.717) is 13.2 Å². The highest BCUT2D eigenvalue weighted by Gasteiger charge is 2.36. The second-order valence-corrected chi connectivity index (χ2v) is 9.87. The Morgan fingerprint density at radius 1 is 0.486 bits per heavy atom. The first-order chi connectivity index (χ1) is 17.9. The maximum atomic E-state index is 6.95. The van der Waals surface area contributed by atoms with Crippen LogP contribution < -0.4 is 9.47 Å². The monoisotopic (exact) mass is 494 g/mol. The molecule has 0 radical (unpaired) electrons. The van der Waals surface area contributed by atoms with Crippen LogP contribution in [0.3, 0.4) is 0 Å². The van der Waals surface area contributed by atoms with Gasteiger partial charge in [0, 0.05) is 0 Å². The molecule has 3 heteroatoms. The van der Waals surface area contributed by atoms with E-state index in [1.54, 1.807) is 0 Å². The minimum atomic E-state index is -0.439. The molecule has 4 rings (SSSR count). The second-order valence-electron chi connectivity index (χ2n) is 9.87. The van der Waals surface area contributed by atoms with Crippen molar-refractivity contribution in [1.82, 2.24) is 0 Å². The van der Waals surface area contributed by atoms with Crippen LogP contribution in [0.15, 0.2) is 109 Å². The van der Waals surface area contributed by atoms with Crippen molar-refractivity contribution in [1.29, 1.82) is 0 Å². The van der Waals surface area contributed by atoms with Gasteiger partial charge in [0.25, 0.3) is 0 Å². The fourth-order valence-corrected chi connectivity index (χ4v) is 4.46. The zero-order chi connectivity index (χ0) is 26.1. The van der Waals surface area contributed by atoms with Crippen LogP contribution in [0.5, 0.6) is 11.5 Å². The molecule has 0 aliphatic carbocycles. The second kappa shape index (κ2) is 12.1. The van der Waals surface area contributed by atoms with Gasteiger partial charge in [0.15, 0.2) is 0 Å². The van der Waals surface area contributed by atoms with Gasteiger partial charge in [-0.05, 0) is 73.2 Å². The average Bonchev–Trinajstić information content (AvgIpc) is 2.96. The Balaban J connectivity index is 1.43. The first-order valence-corrected chi connectivity index (χ1v) is 13.2. The zero-order valence-corrected chi connectivity index (χ0v) is 22.4. The quantitative estimate of drug-likeness (QED) is 0.197. The van der Waals surface area contributed by atoms with Gasteiger partial charge in [-0.3, -0.25) is 0 Å². The summed E-state index contributed by atoms with van der Waals surface area (Å²) in [6.45, 7) is 9.82. The van der Waals surface area contributed by atoms with Crippen molar-refractivity contribution in [3.8, 4) is 11.5 Å². The molecule has 2 unspecified atom stereocenters. The van der Waals surface area contributed by atoms with E-state index >= 15 is 0 Å². The van der Waals surface area contributed by atoms with Crippen molar-refractivity contribution in [3.63, 3.8) is 0 Å². The number of hydrogen-bond acceptors (Lipinski definition) is 3. The predicted molar refractivity (Wildman–Crippen MR) is 151 cm³/mol. The summed E-state index contributed by atoms with van der Waals surface area (Å²) < 4.78 is 18.9. The molecule has 0 amide bonds. The molecule has 0 aliphatic rings. The molecule has 4 aromatic rings. The summed E-state index contributed by atoms with van der Waals surface area (Å²) in [6.07, 6.45) is 1.70. The summed E-state index contributed by atoms with van der Waals surface area (Å²) in [5, 5.41) is 0. The molecule has 0 N–H and O–H groups in total. The maximum absolute atomic E-state index is 6.95. The van der Waals surface area contributed by atoms with E-state index in [4.69, 9.17) is 14.2 Å². The molecule has 0 heterocycles. The summed E-state index contributed by atoms with van der Waals surface area (Å²) in [5.74, 6) is 1.71. The van der Waals surface area contributed by atoms with Crippen LogP contribution in [0.1, 0.15) is 62.8 Å². The summed E-state index contributed by atoms with van der Waals surface area (Å²) in [4.78, 5) is 0. The van der Waals surface area contributed by atoms with Gasteiger partial charge >= 0.3 is 0 Å². The lowest BCUT2D eigenvalue weighted by Gasteiger charge is -2.40. The van der Waals surface area contributed by atoms with Gasteiger partial charge < -0.3 is 14.2 Å². The molecule has 2 atom stereocenters. The van der Waals surface area contributed by atoms with Crippen molar-refractivity contribution in [2.75, 3.05) is 0 Å². The Hall–Kier alpha value is -3.56. The summed E-state index contributed by atoms with van der Waals surface area (Å²) in [5.41, 5.74) is 3.72. The third-order valence-corrected chi connectivity index (χ3v) is 7.23. The minimum absolute atomic E-state index is 0.439. The highest BCUT2D eigenvalue weighted by atomic mass is 16.5. The van der Waals surface area contributed by atoms with Crippen molar-refractivity contribution in [3.05, 3.63) is 131 Å². The fraction of sp³-hybridized carbons (Fsp3) is 0.294. The van der Waals surface area contributed by atoms with E-state index in [0.717, 1.165) is 46.6 Å². The van der Waals surface area contributed by atoms with Crippen LogP contribution in [-0.2, 0) is 29.2 Å². The summed E-state index contributed by atoms with van der Waals surface area (Å²) in [7, 11) is 0. The third-order valence-electron chi connectivity index (χ3n) is 7.23. The van der Waals surface area contributed by atoms with Crippen LogP contribution in [0.2, 0.25) is 0 Å². The molecule has 3 nitrogen and oxygen atoms in total. The Morgan fingerprint density at radius 3 is 1.16 bits per heavy atom. The van der Waals surface area contributed by atoms with Crippen molar-refractivity contribution < 1.29 is 14.2 Å². The minimum Gasteiger partial charge on any atom is -0.489 e. The largest absolute Gasteiger partial charge is 0.489 e. The Morgan fingerprint density at radius 2 is 0.838 bits per heavy atom. The first-order valence-electron chi connectivity index (χ1n) is 13.2. The Labute approximate surface area is 222 Å². The molecule has 37 heavy (non-hydrogen) atoms. The SMILES string of the molecule is CCC(C)(OC(C)(CC)c1ccc(OCc2ccccc2)cc1)c1ccc(OCc2ccccc2)cc1. The third kappa shape index (κ3) is 6.81. The Bertz CT molecular complexity index is 1120. The van der Waals surface area contributed by atoms with E-state index in [-0.39, 0.29) is 0 Å². The molecule has 192 valence electrons. The predicted octanol–water partition coefficient (Wildman–Crippen LogP) is 8.81. The molecule has 0 aliphatic heterocycles. The standard InChI is InChI=1S/C34H38O3/c1-5-33(3,29-17-21-31(22-18-29)35-25-27-13-9-7-10-14-27)37-34(4,6-2)30-19-23-32(24-20-30)36-26-28-15-11-8-12-16-28/h7-24H,5-6,25-26H2,1-4H3. The van der Waals surface area contributed by atoms with Gasteiger partial charge in [-0.1, -0.05) is 98.8 Å². The van der Waals surface area contributed by atoms with Crippen LogP contribution >= 0.6 is 0 Å². The molecule has 0 saturated heterocycles. The lowest BCUT2D eigenvalue weighted by molar-refractivity contribution is -0.155. The molecule has 0 saturated carbocycles. The van der Waals surface area contributed by atoms with E-state index in [1.807, 2.05) is 60.7 Å². The Kier molecular flexibility index (Phi) is 8.68. The summed E-state index contributed by atoms with van der Waals surface area (Å²) in [6, 6.07) is 37.1. The van der Waals surface area contributed by atoms with Crippen molar-refractivity contribution in [2.45, 2.75) is 65.0 Å². The lowest BCUT2D eigenvalue weighted by atomic mass is 9.87. The molecular weight excluding hydrogens is 456 g/mol. The van der Waals surface area contributed by atoms with Gasteiger partial charge in [-0.25, -0.2) is 0 Å². The molecule has 4 aromatic carbocycles. The molecule has 0 spiro atoms. The van der Waals surface area contributed by atoms with E-state index in [2.05, 4.69) is 76.2 Å². The molecular formula is C34H38O3. The smallest absolute Gasteiger partial charge is 0.119 e. The van der Waals surface area contributed by atoms with Crippen LogP contribution in [-0.4, -0.2) is 0 Å². The van der Waals surface area contributed by atoms with Gasteiger partial charge in [0.05, 0.1) is 11.2 Å². The van der Waals surface area contributed by atoms with E-state index in [1.165, 1.54) is 0 Å². The molecule has 0 fully saturated rings. The first kappa shape index (κ1) is 26.5. The van der Waals surface area contributed by atoms with E-state index in [9.17, 15) is 0 Å². The van der Waals surface area contributed by atoms with Crippen molar-refractivity contribution >= 4 is 0 Å². The van der Waals surface area contributed by atoms with Gasteiger partial charge in [0.1, 0.15) is 24.7 Å². The average molecular weight is 495 g/mol. The maximum Gasteiger partial charge on any atom is 0.119 e. The van der Waals surface area contributed by atoms with Crippen molar-refractivity contribution in [2.24, 2.45) is 0 Å². The van der Waals surface area contributed by atoms with Crippen LogP contribution in [0, 0.1) is 0 Å². The number of hydrogen-bond donors (Lipinski definition) is 0. The van der Waals surface area contributed by atoms with Crippen LogP contribution in [0.25, 0.3) is 0 Å². The van der Waals surface area contributed by atoms with Gasteiger partial charge in [-0.15, -0.1) is 0 Å². The highest BCUT2D eigenvalue weighted by molar-refractivity contribution is 5.34. The summed E-state index contributed by atoms with van der Waals surface area (Å²) >= 11 is 0. The molecule has 0 bridgehead atoms. The van der Waals surface area contributed by atoms with Crippen LogP contribution in [0.4, 0.5) is 0 Å². The number of ether oxygens (including phenoxy) is 3. The zero-order valence-electron chi connectivity index (χ0n) is 22.4. The normalized spacial score (nSPS) is 14.4. The van der Waals surface area contributed by atoms with E-state index < -0.39 is 11.2 Å². The van der Waals surface area contributed by atoms with Gasteiger partial charge in [-0.2, -0.15) is 0 Å². The topological polar surface area (TPSA) is 27.7 Å². The number of rotatable bonds is 12. The fourth-order valence-electron chi connectivity index (χ4n) is 4.46. The van der Waals surface area contributed by atoms with Gasteiger partial charge in [0.2, 0.25) is 0 Å².